The molecule has 0 unspecified atom stereocenters. The van der Waals surface area contributed by atoms with Gasteiger partial charge in [-0.25, -0.2) is 4.98 Å². The van der Waals surface area contributed by atoms with Crippen LogP contribution in [0.2, 0.25) is 5.28 Å². The fourth-order valence-corrected chi connectivity index (χ4v) is 2.36. The Kier molecular flexibility index (Phi) is 3.98. The summed E-state index contributed by atoms with van der Waals surface area (Å²) in [6.07, 6.45) is 0. The number of para-hydroxylation sites is 1. The third-order valence-electron chi connectivity index (χ3n) is 3.24. The fraction of sp³-hybridized carbons (Fsp3) is 0.125. The second-order valence-electron chi connectivity index (χ2n) is 4.55. The van der Waals surface area contributed by atoms with E-state index in [1.54, 1.807) is 14.2 Å². The van der Waals surface area contributed by atoms with Crippen molar-refractivity contribution in [3.63, 3.8) is 0 Å². The van der Waals surface area contributed by atoms with Crippen LogP contribution in [-0.4, -0.2) is 24.2 Å². The number of fused-ring (bicyclic) bond motifs is 1. The lowest BCUT2D eigenvalue weighted by Crippen LogP contribution is -1.99. The molecule has 0 aliphatic heterocycles. The summed E-state index contributed by atoms with van der Waals surface area (Å²) in [7, 11) is 3.22. The van der Waals surface area contributed by atoms with Gasteiger partial charge in [-0.2, -0.15) is 4.98 Å². The molecule has 0 bridgehead atoms. The first kappa shape index (κ1) is 14.4. The van der Waals surface area contributed by atoms with Gasteiger partial charge in [-0.1, -0.05) is 12.1 Å². The average Bonchev–Trinajstić information content (AvgIpc) is 2.54. The van der Waals surface area contributed by atoms with Gasteiger partial charge in [0.05, 0.1) is 25.4 Å². The molecule has 0 spiro atoms. The minimum absolute atomic E-state index is 0.183. The van der Waals surface area contributed by atoms with E-state index < -0.39 is 0 Å². The molecule has 0 aliphatic rings. The number of aromatic nitrogens is 2. The Morgan fingerprint density at radius 2 is 1.82 bits per heavy atom. The number of ether oxygens (including phenoxy) is 2. The van der Waals surface area contributed by atoms with E-state index in [-0.39, 0.29) is 5.28 Å². The van der Waals surface area contributed by atoms with Gasteiger partial charge in [0.15, 0.2) is 0 Å². The van der Waals surface area contributed by atoms with E-state index in [4.69, 9.17) is 21.1 Å². The summed E-state index contributed by atoms with van der Waals surface area (Å²) in [4.78, 5) is 8.49. The normalized spacial score (nSPS) is 10.5. The Labute approximate surface area is 132 Å². The van der Waals surface area contributed by atoms with Crippen molar-refractivity contribution in [3.8, 4) is 11.5 Å². The summed E-state index contributed by atoms with van der Waals surface area (Å²) in [5, 5.41) is 4.30. The van der Waals surface area contributed by atoms with Crippen molar-refractivity contribution in [2.75, 3.05) is 19.5 Å². The first-order chi connectivity index (χ1) is 10.7. The predicted molar refractivity (Wildman–Crippen MR) is 87.4 cm³/mol. The number of hydrogen-bond acceptors (Lipinski definition) is 5. The second-order valence-corrected chi connectivity index (χ2v) is 4.89. The lowest BCUT2D eigenvalue weighted by Gasteiger charge is -2.13. The maximum absolute atomic E-state index is 6.00. The molecule has 1 N–H and O–H groups in total. The minimum Gasteiger partial charge on any atom is -0.497 e. The van der Waals surface area contributed by atoms with Crippen molar-refractivity contribution in [1.82, 2.24) is 9.97 Å². The zero-order valence-electron chi connectivity index (χ0n) is 12.1. The molecule has 3 aromatic rings. The summed E-state index contributed by atoms with van der Waals surface area (Å²) >= 11 is 6.00. The molecule has 3 rings (SSSR count). The van der Waals surface area contributed by atoms with Gasteiger partial charge in [-0.05, 0) is 35.9 Å². The van der Waals surface area contributed by atoms with E-state index in [0.717, 1.165) is 16.6 Å². The average molecular weight is 316 g/mol. The second kappa shape index (κ2) is 6.07. The molecule has 112 valence electrons. The summed E-state index contributed by atoms with van der Waals surface area (Å²) in [5.74, 6) is 2.01. The predicted octanol–water partition coefficient (Wildman–Crippen LogP) is 4.04. The number of nitrogens with one attached hydrogen (secondary N) is 1. The van der Waals surface area contributed by atoms with Crippen LogP contribution in [0.3, 0.4) is 0 Å². The summed E-state index contributed by atoms with van der Waals surface area (Å²) < 4.78 is 10.6. The number of hydrogen-bond donors (Lipinski definition) is 1. The lowest BCUT2D eigenvalue weighted by molar-refractivity contribution is 0.405. The Bertz CT molecular complexity index is 824. The van der Waals surface area contributed by atoms with E-state index in [9.17, 15) is 0 Å². The van der Waals surface area contributed by atoms with Gasteiger partial charge >= 0.3 is 0 Å². The van der Waals surface area contributed by atoms with Crippen LogP contribution in [0.25, 0.3) is 10.9 Å². The van der Waals surface area contributed by atoms with Crippen LogP contribution in [0.5, 0.6) is 11.5 Å². The van der Waals surface area contributed by atoms with E-state index in [2.05, 4.69) is 15.3 Å². The molecule has 2 aromatic carbocycles. The third-order valence-corrected chi connectivity index (χ3v) is 3.40. The molecule has 22 heavy (non-hydrogen) atoms. The molecule has 0 aliphatic carbocycles. The quantitative estimate of drug-likeness (QED) is 0.736. The highest BCUT2D eigenvalue weighted by Crippen LogP contribution is 2.33. The van der Waals surface area contributed by atoms with E-state index in [0.29, 0.717) is 17.3 Å². The van der Waals surface area contributed by atoms with Crippen LogP contribution in [0.4, 0.5) is 11.5 Å². The van der Waals surface area contributed by atoms with Crippen molar-refractivity contribution >= 4 is 34.0 Å². The van der Waals surface area contributed by atoms with Crippen LogP contribution < -0.4 is 14.8 Å². The van der Waals surface area contributed by atoms with E-state index in [1.165, 1.54) is 0 Å². The molecule has 0 fully saturated rings. The molecular weight excluding hydrogens is 302 g/mol. The maximum atomic E-state index is 6.00. The van der Waals surface area contributed by atoms with Crippen molar-refractivity contribution < 1.29 is 9.47 Å². The van der Waals surface area contributed by atoms with Gasteiger partial charge in [0.25, 0.3) is 0 Å². The zero-order chi connectivity index (χ0) is 15.5. The molecule has 0 atom stereocenters. The highest BCUT2D eigenvalue weighted by molar-refractivity contribution is 6.28. The SMILES string of the molecule is COc1ccc(OC)c(Nc2nc(Cl)nc3ccccc23)c1. The van der Waals surface area contributed by atoms with E-state index >= 15 is 0 Å². The molecular formula is C16H14ClN3O2. The number of rotatable bonds is 4. The zero-order valence-corrected chi connectivity index (χ0v) is 12.9. The first-order valence-corrected chi connectivity index (χ1v) is 7.00. The van der Waals surface area contributed by atoms with Crippen molar-refractivity contribution in [2.45, 2.75) is 0 Å². The van der Waals surface area contributed by atoms with Crippen LogP contribution in [-0.2, 0) is 0 Å². The Hall–Kier alpha value is -2.53. The van der Waals surface area contributed by atoms with Gasteiger partial charge in [0, 0.05) is 11.5 Å². The molecule has 0 saturated heterocycles. The molecule has 0 saturated carbocycles. The molecule has 1 aromatic heterocycles. The van der Waals surface area contributed by atoms with Crippen molar-refractivity contribution in [1.29, 1.82) is 0 Å². The van der Waals surface area contributed by atoms with Gasteiger partial charge in [-0.3, -0.25) is 0 Å². The maximum Gasteiger partial charge on any atom is 0.224 e. The lowest BCUT2D eigenvalue weighted by atomic mass is 10.2. The number of nitrogens with zero attached hydrogens (tertiary/aromatic N) is 2. The number of methoxy groups -OCH3 is 2. The Morgan fingerprint density at radius 1 is 1.00 bits per heavy atom. The van der Waals surface area contributed by atoms with Crippen LogP contribution >= 0.6 is 11.6 Å². The highest BCUT2D eigenvalue weighted by Gasteiger charge is 2.10. The van der Waals surface area contributed by atoms with Crippen LogP contribution in [0.1, 0.15) is 0 Å². The summed E-state index contributed by atoms with van der Waals surface area (Å²) in [6.45, 7) is 0. The molecule has 0 amide bonds. The topological polar surface area (TPSA) is 56.3 Å². The number of benzene rings is 2. The largest absolute Gasteiger partial charge is 0.497 e. The molecule has 1 heterocycles. The van der Waals surface area contributed by atoms with E-state index in [1.807, 2.05) is 42.5 Å². The van der Waals surface area contributed by atoms with Gasteiger partial charge in [-0.15, -0.1) is 0 Å². The Balaban J connectivity index is 2.10. The molecule has 6 heteroatoms. The smallest absolute Gasteiger partial charge is 0.224 e. The van der Waals surface area contributed by atoms with Crippen molar-refractivity contribution in [3.05, 3.63) is 47.7 Å². The van der Waals surface area contributed by atoms with Crippen molar-refractivity contribution in [2.24, 2.45) is 0 Å². The Morgan fingerprint density at radius 3 is 2.59 bits per heavy atom. The third kappa shape index (κ3) is 2.76. The first-order valence-electron chi connectivity index (χ1n) is 6.62. The van der Waals surface area contributed by atoms with Crippen LogP contribution in [0, 0.1) is 0 Å². The summed E-state index contributed by atoms with van der Waals surface area (Å²) in [6, 6.07) is 13.1. The molecule has 0 radical (unpaired) electrons. The standard InChI is InChI=1S/C16H14ClN3O2/c1-21-10-7-8-14(22-2)13(9-10)18-15-11-5-3-4-6-12(11)19-16(17)20-15/h3-9H,1-2H3,(H,18,19,20). The molecule has 5 nitrogen and oxygen atoms in total. The number of anilines is 2. The van der Waals surface area contributed by atoms with Crippen LogP contribution in [0.15, 0.2) is 42.5 Å². The summed E-state index contributed by atoms with van der Waals surface area (Å²) in [5.41, 5.74) is 1.51. The fourth-order valence-electron chi connectivity index (χ4n) is 2.18. The van der Waals surface area contributed by atoms with Gasteiger partial charge in [0.1, 0.15) is 17.3 Å². The highest BCUT2D eigenvalue weighted by atomic mass is 35.5. The van der Waals surface area contributed by atoms with Gasteiger partial charge in [0.2, 0.25) is 5.28 Å². The number of halogens is 1. The monoisotopic (exact) mass is 315 g/mol. The minimum atomic E-state index is 0.183. The van der Waals surface area contributed by atoms with Gasteiger partial charge < -0.3 is 14.8 Å².